The molecule has 0 aliphatic heterocycles. The van der Waals surface area contributed by atoms with E-state index in [1.165, 1.54) is 19.1 Å². The maximum absolute atomic E-state index is 11.8. The lowest BCUT2D eigenvalue weighted by molar-refractivity contribution is -0.147. The Bertz CT molecular complexity index is 623. The first kappa shape index (κ1) is 18.0. The molecule has 1 aromatic rings. The minimum absolute atomic E-state index is 0.179. The van der Waals surface area contributed by atoms with Crippen molar-refractivity contribution in [2.45, 2.75) is 26.3 Å². The van der Waals surface area contributed by atoms with Crippen molar-refractivity contribution in [1.29, 1.82) is 0 Å². The Hall–Kier alpha value is -2.09. The number of nitrogens with one attached hydrogen (secondary N) is 1. The van der Waals surface area contributed by atoms with Crippen LogP contribution in [0, 0.1) is 0 Å². The van der Waals surface area contributed by atoms with E-state index in [1.54, 1.807) is 19.1 Å². The minimum Gasteiger partial charge on any atom is -0.464 e. The predicted octanol–water partition coefficient (Wildman–Crippen LogP) is 0.635. The Labute approximate surface area is 129 Å². The van der Waals surface area contributed by atoms with Gasteiger partial charge in [-0.05, 0) is 24.6 Å². The number of hydrogen-bond donors (Lipinski definition) is 1. The van der Waals surface area contributed by atoms with E-state index in [0.29, 0.717) is 0 Å². The molecule has 22 heavy (non-hydrogen) atoms. The molecule has 122 valence electrons. The quantitative estimate of drug-likeness (QED) is 0.582. The first-order valence-electron chi connectivity index (χ1n) is 6.63. The summed E-state index contributed by atoms with van der Waals surface area (Å²) in [6.07, 6.45) is 1.19. The van der Waals surface area contributed by atoms with Crippen LogP contribution in [0.1, 0.15) is 19.4 Å². The molecule has 0 fully saturated rings. The maximum atomic E-state index is 11.8. The van der Waals surface area contributed by atoms with Gasteiger partial charge in [-0.3, -0.25) is 4.79 Å². The van der Waals surface area contributed by atoms with Crippen molar-refractivity contribution in [2.75, 3.05) is 12.9 Å². The van der Waals surface area contributed by atoms with Gasteiger partial charge in [0.2, 0.25) is 5.91 Å². The largest absolute Gasteiger partial charge is 0.464 e. The Morgan fingerprint density at radius 1 is 1.23 bits per heavy atom. The van der Waals surface area contributed by atoms with E-state index in [4.69, 9.17) is 8.92 Å². The van der Waals surface area contributed by atoms with Crippen molar-refractivity contribution in [3.63, 3.8) is 0 Å². The molecular weight excluding hydrogens is 310 g/mol. The molecule has 7 nitrogen and oxygen atoms in total. The van der Waals surface area contributed by atoms with Gasteiger partial charge in [0.05, 0.1) is 12.9 Å². The van der Waals surface area contributed by atoms with Crippen LogP contribution in [0.2, 0.25) is 0 Å². The molecule has 0 saturated heterocycles. The molecule has 1 unspecified atom stereocenters. The fraction of sp³-hybridized carbons (Fsp3) is 0.429. The van der Waals surface area contributed by atoms with E-state index in [9.17, 15) is 18.0 Å². The summed E-state index contributed by atoms with van der Waals surface area (Å²) in [4.78, 5) is 23.0. The molecule has 0 spiro atoms. The molecule has 0 saturated carbocycles. The summed E-state index contributed by atoms with van der Waals surface area (Å²) in [6.45, 7) is 3.21. The molecule has 1 atom stereocenters. The van der Waals surface area contributed by atoms with Gasteiger partial charge in [-0.25, -0.2) is 4.79 Å². The molecule has 1 aromatic carbocycles. The number of carbonyl (C=O) groups excluding carboxylic acids is 2. The van der Waals surface area contributed by atoms with E-state index in [1.807, 2.05) is 0 Å². The minimum atomic E-state index is -3.58. The first-order valence-corrected chi connectivity index (χ1v) is 8.45. The van der Waals surface area contributed by atoms with Crippen LogP contribution in [0.25, 0.3) is 0 Å². The van der Waals surface area contributed by atoms with Gasteiger partial charge in [0.1, 0.15) is 11.8 Å². The summed E-state index contributed by atoms with van der Waals surface area (Å²) in [5, 5.41) is 2.53. The third kappa shape index (κ3) is 6.57. The van der Waals surface area contributed by atoms with Crippen LogP contribution in [0.5, 0.6) is 5.75 Å². The number of amides is 1. The van der Waals surface area contributed by atoms with Gasteiger partial charge >= 0.3 is 16.1 Å². The van der Waals surface area contributed by atoms with Crippen molar-refractivity contribution < 1.29 is 26.9 Å². The van der Waals surface area contributed by atoms with E-state index >= 15 is 0 Å². The second kappa shape index (κ2) is 7.79. The monoisotopic (exact) mass is 329 g/mol. The Morgan fingerprint density at radius 3 is 2.27 bits per heavy atom. The molecule has 0 radical (unpaired) electrons. The Morgan fingerprint density at radius 2 is 1.82 bits per heavy atom. The number of esters is 1. The Balaban J connectivity index is 2.80. The lowest BCUT2D eigenvalue weighted by Crippen LogP contribution is -2.42. The molecular formula is C14H19NO6S. The van der Waals surface area contributed by atoms with E-state index in [-0.39, 0.29) is 24.7 Å². The van der Waals surface area contributed by atoms with Crippen LogP contribution in [0.3, 0.4) is 0 Å². The van der Waals surface area contributed by atoms with E-state index < -0.39 is 22.1 Å². The van der Waals surface area contributed by atoms with Crippen LogP contribution < -0.4 is 9.50 Å². The number of carbonyl (C=O) groups is 2. The van der Waals surface area contributed by atoms with Crippen molar-refractivity contribution in [1.82, 2.24) is 5.32 Å². The summed E-state index contributed by atoms with van der Waals surface area (Å²) in [7, 11) is -3.58. The van der Waals surface area contributed by atoms with Crippen LogP contribution in [-0.4, -0.2) is 39.2 Å². The molecule has 1 amide bonds. The summed E-state index contributed by atoms with van der Waals surface area (Å²) >= 11 is 0. The zero-order valence-electron chi connectivity index (χ0n) is 12.7. The van der Waals surface area contributed by atoms with Crippen LogP contribution in [-0.2, 0) is 30.9 Å². The molecule has 0 aromatic heterocycles. The first-order chi connectivity index (χ1) is 10.2. The van der Waals surface area contributed by atoms with Gasteiger partial charge in [0.15, 0.2) is 0 Å². The zero-order valence-corrected chi connectivity index (χ0v) is 13.5. The van der Waals surface area contributed by atoms with Gasteiger partial charge in [0, 0.05) is 13.3 Å². The number of hydrogen-bond acceptors (Lipinski definition) is 6. The highest BCUT2D eigenvalue weighted by atomic mass is 32.2. The topological polar surface area (TPSA) is 98.8 Å². The molecule has 0 aliphatic rings. The fourth-order valence-electron chi connectivity index (χ4n) is 1.77. The molecule has 0 bridgehead atoms. The van der Waals surface area contributed by atoms with Crippen LogP contribution in [0.15, 0.2) is 24.3 Å². The average molecular weight is 329 g/mol. The van der Waals surface area contributed by atoms with Gasteiger partial charge in [-0.15, -0.1) is 0 Å². The van der Waals surface area contributed by atoms with Crippen molar-refractivity contribution in [3.8, 4) is 5.75 Å². The van der Waals surface area contributed by atoms with Crippen molar-refractivity contribution in [2.24, 2.45) is 0 Å². The van der Waals surface area contributed by atoms with Gasteiger partial charge in [-0.2, -0.15) is 8.42 Å². The molecule has 0 heterocycles. The van der Waals surface area contributed by atoms with Gasteiger partial charge in [-0.1, -0.05) is 12.1 Å². The lowest BCUT2D eigenvalue weighted by atomic mass is 10.1. The molecule has 0 aliphatic carbocycles. The molecule has 8 heteroatoms. The predicted molar refractivity (Wildman–Crippen MR) is 79.9 cm³/mol. The second-order valence-electron chi connectivity index (χ2n) is 4.64. The fourth-order valence-corrected chi connectivity index (χ4v) is 2.23. The van der Waals surface area contributed by atoms with Crippen LogP contribution >= 0.6 is 0 Å². The highest BCUT2D eigenvalue weighted by molar-refractivity contribution is 7.86. The normalized spacial score (nSPS) is 12.3. The third-order valence-electron chi connectivity index (χ3n) is 2.56. The number of rotatable bonds is 7. The average Bonchev–Trinajstić information content (AvgIpc) is 2.38. The highest BCUT2D eigenvalue weighted by Crippen LogP contribution is 2.15. The lowest BCUT2D eigenvalue weighted by Gasteiger charge is -2.16. The SMILES string of the molecule is CCOC(=O)C(Cc1ccc(OS(C)(=O)=O)cc1)NC(C)=O. The zero-order chi connectivity index (χ0) is 16.8. The van der Waals surface area contributed by atoms with Gasteiger partial charge in [0.25, 0.3) is 0 Å². The standard InChI is InChI=1S/C14H19NO6S/c1-4-20-14(17)13(15-10(2)16)9-11-5-7-12(8-6-11)21-22(3,18)19/h5-8,13H,4,9H2,1-3H3,(H,15,16). The van der Waals surface area contributed by atoms with Crippen LogP contribution in [0.4, 0.5) is 0 Å². The van der Waals surface area contributed by atoms with E-state index in [2.05, 4.69) is 5.32 Å². The van der Waals surface area contributed by atoms with Crippen molar-refractivity contribution in [3.05, 3.63) is 29.8 Å². The number of benzene rings is 1. The van der Waals surface area contributed by atoms with Crippen molar-refractivity contribution >= 4 is 22.0 Å². The number of ether oxygens (including phenoxy) is 1. The molecule has 1 N–H and O–H groups in total. The second-order valence-corrected chi connectivity index (χ2v) is 6.22. The summed E-state index contributed by atoms with van der Waals surface area (Å²) < 4.78 is 31.7. The maximum Gasteiger partial charge on any atom is 0.328 e. The third-order valence-corrected chi connectivity index (χ3v) is 3.05. The highest BCUT2D eigenvalue weighted by Gasteiger charge is 2.21. The molecule has 1 rings (SSSR count). The van der Waals surface area contributed by atoms with E-state index in [0.717, 1.165) is 11.8 Å². The smallest absolute Gasteiger partial charge is 0.328 e. The summed E-state index contributed by atoms with van der Waals surface area (Å²) in [5.41, 5.74) is 0.729. The summed E-state index contributed by atoms with van der Waals surface area (Å²) in [5.74, 6) is -0.678. The summed E-state index contributed by atoms with van der Waals surface area (Å²) in [6, 6.07) is 5.40. The van der Waals surface area contributed by atoms with Gasteiger partial charge < -0.3 is 14.2 Å². The Kier molecular flexibility index (Phi) is 6.36.